The van der Waals surface area contributed by atoms with Crippen LogP contribution in [0.5, 0.6) is 11.5 Å². The molecular formula is C21H19ClN2O2. The van der Waals surface area contributed by atoms with Gasteiger partial charge in [0.05, 0.1) is 19.0 Å². The molecule has 0 bridgehead atoms. The monoisotopic (exact) mass is 366 g/mol. The molecule has 0 spiro atoms. The summed E-state index contributed by atoms with van der Waals surface area (Å²) in [7, 11) is 1.62. The molecule has 3 rings (SSSR count). The van der Waals surface area contributed by atoms with E-state index in [9.17, 15) is 0 Å². The third-order valence-corrected chi connectivity index (χ3v) is 3.95. The van der Waals surface area contributed by atoms with E-state index in [4.69, 9.17) is 21.1 Å². The third-order valence-electron chi connectivity index (χ3n) is 3.70. The van der Waals surface area contributed by atoms with Gasteiger partial charge in [-0.25, -0.2) is 0 Å². The third kappa shape index (κ3) is 4.77. The SMILES string of the molecule is COc1cccc(/C=N/Nc2ccc(Cl)cc2)c1OCc1ccccc1. The average molecular weight is 367 g/mol. The number of hydrogen-bond donors (Lipinski definition) is 1. The van der Waals surface area contributed by atoms with E-state index in [1.807, 2.05) is 60.7 Å². The van der Waals surface area contributed by atoms with Crippen LogP contribution in [0.3, 0.4) is 0 Å². The summed E-state index contributed by atoms with van der Waals surface area (Å²) in [5.74, 6) is 1.32. The largest absolute Gasteiger partial charge is 0.493 e. The smallest absolute Gasteiger partial charge is 0.170 e. The van der Waals surface area contributed by atoms with E-state index in [0.29, 0.717) is 23.1 Å². The van der Waals surface area contributed by atoms with Gasteiger partial charge in [0.15, 0.2) is 11.5 Å². The first kappa shape index (κ1) is 17.8. The van der Waals surface area contributed by atoms with Crippen molar-refractivity contribution in [2.45, 2.75) is 6.61 Å². The molecule has 132 valence electrons. The van der Waals surface area contributed by atoms with Gasteiger partial charge in [0.1, 0.15) is 6.61 Å². The fourth-order valence-electron chi connectivity index (χ4n) is 2.38. The Balaban J connectivity index is 1.75. The highest BCUT2D eigenvalue weighted by Gasteiger charge is 2.09. The summed E-state index contributed by atoms with van der Waals surface area (Å²) in [4.78, 5) is 0. The molecule has 26 heavy (non-hydrogen) atoms. The van der Waals surface area contributed by atoms with Crippen molar-refractivity contribution < 1.29 is 9.47 Å². The molecule has 0 atom stereocenters. The minimum Gasteiger partial charge on any atom is -0.493 e. The average Bonchev–Trinajstić information content (AvgIpc) is 2.69. The summed E-state index contributed by atoms with van der Waals surface area (Å²) in [6.07, 6.45) is 1.71. The van der Waals surface area contributed by atoms with Gasteiger partial charge in [-0.1, -0.05) is 48.0 Å². The lowest BCUT2D eigenvalue weighted by Crippen LogP contribution is -2.01. The zero-order chi connectivity index (χ0) is 18.2. The standard InChI is InChI=1S/C21H19ClN2O2/c1-25-20-9-5-8-17(14-23-24-19-12-10-18(22)11-13-19)21(20)26-15-16-6-3-2-4-7-16/h2-14,24H,15H2,1H3/b23-14+. The van der Waals surface area contributed by atoms with Crippen LogP contribution in [0.25, 0.3) is 0 Å². The lowest BCUT2D eigenvalue weighted by atomic mass is 10.2. The summed E-state index contributed by atoms with van der Waals surface area (Å²) in [5.41, 5.74) is 5.73. The summed E-state index contributed by atoms with van der Waals surface area (Å²) >= 11 is 5.88. The molecule has 3 aromatic rings. The van der Waals surface area contributed by atoms with Crippen molar-refractivity contribution >= 4 is 23.5 Å². The molecule has 0 aromatic heterocycles. The lowest BCUT2D eigenvalue weighted by Gasteiger charge is -2.13. The summed E-state index contributed by atoms with van der Waals surface area (Å²) in [5, 5.41) is 4.96. The van der Waals surface area contributed by atoms with Gasteiger partial charge in [0.25, 0.3) is 0 Å². The Morgan fingerprint density at radius 3 is 2.46 bits per heavy atom. The predicted molar refractivity (Wildman–Crippen MR) is 106 cm³/mol. The number of anilines is 1. The topological polar surface area (TPSA) is 42.8 Å². The van der Waals surface area contributed by atoms with Crippen LogP contribution in [0.1, 0.15) is 11.1 Å². The molecule has 4 nitrogen and oxygen atoms in total. The molecule has 5 heteroatoms. The Hall–Kier alpha value is -2.98. The number of halogens is 1. The van der Waals surface area contributed by atoms with Gasteiger partial charge in [0, 0.05) is 10.6 Å². The highest BCUT2D eigenvalue weighted by molar-refractivity contribution is 6.30. The van der Waals surface area contributed by atoms with Gasteiger partial charge in [0.2, 0.25) is 0 Å². The van der Waals surface area contributed by atoms with Crippen LogP contribution < -0.4 is 14.9 Å². The number of ether oxygens (including phenoxy) is 2. The van der Waals surface area contributed by atoms with Crippen LogP contribution >= 0.6 is 11.6 Å². The lowest BCUT2D eigenvalue weighted by molar-refractivity contribution is 0.284. The normalized spacial score (nSPS) is 10.7. The van der Waals surface area contributed by atoms with Gasteiger partial charge in [-0.3, -0.25) is 5.43 Å². The van der Waals surface area contributed by atoms with Gasteiger partial charge in [-0.05, 0) is 42.0 Å². The maximum atomic E-state index is 6.00. The molecule has 0 aliphatic carbocycles. The highest BCUT2D eigenvalue weighted by atomic mass is 35.5. The van der Waals surface area contributed by atoms with Crippen LogP contribution in [-0.2, 0) is 6.61 Å². The van der Waals surface area contributed by atoms with Crippen molar-refractivity contribution in [2.75, 3.05) is 12.5 Å². The molecule has 0 fully saturated rings. The Bertz CT molecular complexity index is 865. The molecule has 0 aliphatic heterocycles. The molecule has 0 radical (unpaired) electrons. The molecule has 1 N–H and O–H groups in total. The summed E-state index contributed by atoms with van der Waals surface area (Å²) in [6.45, 7) is 0.451. The first-order valence-electron chi connectivity index (χ1n) is 8.14. The minimum atomic E-state index is 0.451. The second kappa shape index (κ2) is 8.92. The Morgan fingerprint density at radius 1 is 0.962 bits per heavy atom. The van der Waals surface area contributed by atoms with Crippen molar-refractivity contribution in [3.63, 3.8) is 0 Å². The first-order valence-corrected chi connectivity index (χ1v) is 8.52. The van der Waals surface area contributed by atoms with E-state index >= 15 is 0 Å². The predicted octanol–water partition coefficient (Wildman–Crippen LogP) is 5.37. The number of benzene rings is 3. The van der Waals surface area contributed by atoms with Crippen molar-refractivity contribution in [1.29, 1.82) is 0 Å². The molecule has 0 aliphatic rings. The number of nitrogens with one attached hydrogen (secondary N) is 1. The van der Waals surface area contributed by atoms with Gasteiger partial charge >= 0.3 is 0 Å². The first-order chi connectivity index (χ1) is 12.8. The second-order valence-electron chi connectivity index (χ2n) is 5.53. The highest BCUT2D eigenvalue weighted by Crippen LogP contribution is 2.31. The number of para-hydroxylation sites is 1. The van der Waals surface area contributed by atoms with E-state index in [0.717, 1.165) is 16.8 Å². The zero-order valence-electron chi connectivity index (χ0n) is 14.4. The van der Waals surface area contributed by atoms with E-state index in [2.05, 4.69) is 10.5 Å². The van der Waals surface area contributed by atoms with Gasteiger partial charge in [-0.15, -0.1) is 0 Å². The Labute approximate surface area is 158 Å². The maximum absolute atomic E-state index is 6.00. The van der Waals surface area contributed by atoms with Crippen LogP contribution in [0.15, 0.2) is 77.9 Å². The zero-order valence-corrected chi connectivity index (χ0v) is 15.1. The molecule has 3 aromatic carbocycles. The fraction of sp³-hybridized carbons (Fsp3) is 0.0952. The van der Waals surface area contributed by atoms with Crippen LogP contribution in [-0.4, -0.2) is 13.3 Å². The Kier molecular flexibility index (Phi) is 6.12. The maximum Gasteiger partial charge on any atom is 0.170 e. The van der Waals surface area contributed by atoms with Crippen molar-refractivity contribution in [3.05, 3.63) is 88.9 Å². The van der Waals surface area contributed by atoms with Crippen LogP contribution in [0.2, 0.25) is 5.02 Å². The summed E-state index contributed by atoms with van der Waals surface area (Å²) < 4.78 is 11.4. The van der Waals surface area contributed by atoms with Crippen LogP contribution in [0, 0.1) is 0 Å². The van der Waals surface area contributed by atoms with E-state index < -0.39 is 0 Å². The number of methoxy groups -OCH3 is 1. The van der Waals surface area contributed by atoms with Gasteiger partial charge in [-0.2, -0.15) is 5.10 Å². The van der Waals surface area contributed by atoms with Gasteiger partial charge < -0.3 is 9.47 Å². The van der Waals surface area contributed by atoms with Crippen molar-refractivity contribution in [3.8, 4) is 11.5 Å². The Morgan fingerprint density at radius 2 is 1.73 bits per heavy atom. The van der Waals surface area contributed by atoms with E-state index in [1.165, 1.54) is 0 Å². The van der Waals surface area contributed by atoms with Crippen molar-refractivity contribution in [2.24, 2.45) is 5.10 Å². The fourth-order valence-corrected chi connectivity index (χ4v) is 2.51. The van der Waals surface area contributed by atoms with E-state index in [1.54, 1.807) is 25.5 Å². The molecular weight excluding hydrogens is 348 g/mol. The molecule has 0 amide bonds. The molecule has 0 unspecified atom stereocenters. The molecule has 0 heterocycles. The molecule has 0 saturated carbocycles. The second-order valence-corrected chi connectivity index (χ2v) is 5.97. The number of hydrazone groups is 1. The number of nitrogens with zero attached hydrogens (tertiary/aromatic N) is 1. The minimum absolute atomic E-state index is 0.451. The quantitative estimate of drug-likeness (QED) is 0.451. The van der Waals surface area contributed by atoms with Crippen LogP contribution in [0.4, 0.5) is 5.69 Å². The number of rotatable bonds is 7. The molecule has 0 saturated heterocycles. The summed E-state index contributed by atoms with van der Waals surface area (Å²) in [6, 6.07) is 23.0. The number of hydrogen-bond acceptors (Lipinski definition) is 4. The van der Waals surface area contributed by atoms with E-state index in [-0.39, 0.29) is 0 Å². The van der Waals surface area contributed by atoms with Crippen molar-refractivity contribution in [1.82, 2.24) is 0 Å².